The van der Waals surface area contributed by atoms with Crippen molar-refractivity contribution < 1.29 is 19.4 Å². The van der Waals surface area contributed by atoms with Crippen LogP contribution in [0.5, 0.6) is 5.75 Å². The molecule has 5 heteroatoms. The highest BCUT2D eigenvalue weighted by Crippen LogP contribution is 2.29. The standard InChI is InChI=1S/C12H15FO3S/c1-7(5-14)17-6-9-3-10(13)4-11(8(2)15)12(9)16/h3-4,7,14,16H,5-6H2,1-2H3. The van der Waals surface area contributed by atoms with Gasteiger partial charge in [-0.3, -0.25) is 4.79 Å². The average Bonchev–Trinajstić information content (AvgIpc) is 2.28. The smallest absolute Gasteiger partial charge is 0.163 e. The van der Waals surface area contributed by atoms with Gasteiger partial charge in [0.15, 0.2) is 5.78 Å². The lowest BCUT2D eigenvalue weighted by Gasteiger charge is -2.11. The summed E-state index contributed by atoms with van der Waals surface area (Å²) in [6.45, 7) is 3.12. The molecule has 0 spiro atoms. The largest absolute Gasteiger partial charge is 0.507 e. The summed E-state index contributed by atoms with van der Waals surface area (Å²) in [5, 5.41) is 18.7. The molecule has 0 saturated carbocycles. The first-order chi connectivity index (χ1) is 7.95. The lowest BCUT2D eigenvalue weighted by Crippen LogP contribution is -2.03. The van der Waals surface area contributed by atoms with Crippen LogP contribution in [0.25, 0.3) is 0 Å². The average molecular weight is 258 g/mol. The molecule has 17 heavy (non-hydrogen) atoms. The van der Waals surface area contributed by atoms with Gasteiger partial charge in [0.1, 0.15) is 11.6 Å². The van der Waals surface area contributed by atoms with Crippen LogP contribution in [0, 0.1) is 5.82 Å². The van der Waals surface area contributed by atoms with Gasteiger partial charge in [-0.2, -0.15) is 11.8 Å². The van der Waals surface area contributed by atoms with Crippen molar-refractivity contribution in [1.82, 2.24) is 0 Å². The molecule has 0 heterocycles. The van der Waals surface area contributed by atoms with Crippen LogP contribution in [0.1, 0.15) is 29.8 Å². The molecule has 0 bridgehead atoms. The molecule has 0 aliphatic carbocycles. The predicted octanol–water partition coefficient (Wildman–Crippen LogP) is 2.35. The van der Waals surface area contributed by atoms with E-state index in [2.05, 4.69) is 0 Å². The van der Waals surface area contributed by atoms with E-state index in [0.717, 1.165) is 6.07 Å². The third-order valence-corrected chi connectivity index (χ3v) is 3.51. The maximum Gasteiger partial charge on any atom is 0.163 e. The fraction of sp³-hybridized carbons (Fsp3) is 0.417. The van der Waals surface area contributed by atoms with Crippen LogP contribution in [0.3, 0.4) is 0 Å². The number of Topliss-reactive ketones (excluding diaryl/α,β-unsaturated/α-hetero) is 1. The first-order valence-corrected chi connectivity index (χ1v) is 6.25. The molecule has 0 amide bonds. The number of hydrogen-bond donors (Lipinski definition) is 2. The molecule has 1 aromatic carbocycles. The number of rotatable bonds is 5. The van der Waals surface area contributed by atoms with Crippen molar-refractivity contribution in [2.45, 2.75) is 24.9 Å². The summed E-state index contributed by atoms with van der Waals surface area (Å²) in [5.74, 6) is -0.730. The Morgan fingerprint density at radius 2 is 2.18 bits per heavy atom. The highest BCUT2D eigenvalue weighted by atomic mass is 32.2. The number of benzene rings is 1. The summed E-state index contributed by atoms with van der Waals surface area (Å²) in [7, 11) is 0. The van der Waals surface area contributed by atoms with Crippen molar-refractivity contribution in [2.24, 2.45) is 0 Å². The van der Waals surface area contributed by atoms with Gasteiger partial charge < -0.3 is 10.2 Å². The number of hydrogen-bond acceptors (Lipinski definition) is 4. The summed E-state index contributed by atoms with van der Waals surface area (Å²) in [4.78, 5) is 11.2. The van der Waals surface area contributed by atoms with Gasteiger partial charge in [0, 0.05) is 16.6 Å². The minimum absolute atomic E-state index is 0.00144. The topological polar surface area (TPSA) is 57.5 Å². The van der Waals surface area contributed by atoms with Gasteiger partial charge in [0.25, 0.3) is 0 Å². The minimum Gasteiger partial charge on any atom is -0.507 e. The second-order valence-corrected chi connectivity index (χ2v) is 5.25. The van der Waals surface area contributed by atoms with Crippen LogP contribution < -0.4 is 0 Å². The van der Waals surface area contributed by atoms with Crippen LogP contribution in [0.2, 0.25) is 0 Å². The van der Waals surface area contributed by atoms with Crippen LogP contribution >= 0.6 is 11.8 Å². The van der Waals surface area contributed by atoms with Crippen molar-refractivity contribution in [1.29, 1.82) is 0 Å². The minimum atomic E-state index is -0.541. The second-order valence-electron chi connectivity index (χ2n) is 3.82. The van der Waals surface area contributed by atoms with E-state index in [1.807, 2.05) is 6.92 Å². The molecular weight excluding hydrogens is 243 g/mol. The molecule has 0 saturated heterocycles. The first kappa shape index (κ1) is 14.0. The van der Waals surface area contributed by atoms with Gasteiger partial charge in [-0.15, -0.1) is 0 Å². The Morgan fingerprint density at radius 3 is 2.71 bits per heavy atom. The predicted molar refractivity (Wildman–Crippen MR) is 65.9 cm³/mol. The highest BCUT2D eigenvalue weighted by Gasteiger charge is 2.14. The van der Waals surface area contributed by atoms with Gasteiger partial charge in [-0.25, -0.2) is 4.39 Å². The SMILES string of the molecule is CC(=O)c1cc(F)cc(CSC(C)CO)c1O. The number of ketones is 1. The van der Waals surface area contributed by atoms with Crippen molar-refractivity contribution in [2.75, 3.05) is 6.61 Å². The fourth-order valence-electron chi connectivity index (χ4n) is 1.32. The summed E-state index contributed by atoms with van der Waals surface area (Å²) < 4.78 is 13.3. The van der Waals surface area contributed by atoms with E-state index in [-0.39, 0.29) is 29.0 Å². The molecule has 3 nitrogen and oxygen atoms in total. The van der Waals surface area contributed by atoms with E-state index >= 15 is 0 Å². The Balaban J connectivity index is 2.95. The van der Waals surface area contributed by atoms with Crippen LogP contribution in [-0.2, 0) is 5.75 Å². The van der Waals surface area contributed by atoms with Crippen molar-refractivity contribution in [3.8, 4) is 5.75 Å². The Labute approximate surface area is 104 Å². The van der Waals surface area contributed by atoms with E-state index in [0.29, 0.717) is 11.3 Å². The molecule has 1 aromatic rings. The molecule has 1 rings (SSSR count). The van der Waals surface area contributed by atoms with Crippen molar-refractivity contribution in [3.63, 3.8) is 0 Å². The molecule has 94 valence electrons. The zero-order valence-corrected chi connectivity index (χ0v) is 10.6. The number of aliphatic hydroxyl groups is 1. The molecule has 1 unspecified atom stereocenters. The monoisotopic (exact) mass is 258 g/mol. The zero-order valence-electron chi connectivity index (χ0n) is 9.74. The summed E-state index contributed by atoms with van der Waals surface area (Å²) in [6, 6.07) is 2.24. The molecule has 0 radical (unpaired) electrons. The quantitative estimate of drug-likeness (QED) is 0.796. The van der Waals surface area contributed by atoms with Crippen LogP contribution in [0.4, 0.5) is 4.39 Å². The van der Waals surface area contributed by atoms with Crippen LogP contribution in [-0.4, -0.2) is 27.9 Å². The molecule has 2 N–H and O–H groups in total. The molecule has 0 aliphatic rings. The van der Waals surface area contributed by atoms with E-state index in [1.165, 1.54) is 24.8 Å². The molecule has 0 fully saturated rings. The zero-order chi connectivity index (χ0) is 13.0. The van der Waals surface area contributed by atoms with Gasteiger partial charge in [0.2, 0.25) is 0 Å². The van der Waals surface area contributed by atoms with Crippen molar-refractivity contribution in [3.05, 3.63) is 29.1 Å². The van der Waals surface area contributed by atoms with Crippen LogP contribution in [0.15, 0.2) is 12.1 Å². The van der Waals surface area contributed by atoms with E-state index in [9.17, 15) is 14.3 Å². The normalized spacial score (nSPS) is 12.5. The summed E-state index contributed by atoms with van der Waals surface area (Å²) in [5.41, 5.74) is 0.373. The summed E-state index contributed by atoms with van der Waals surface area (Å²) in [6.07, 6.45) is 0. The number of aliphatic hydroxyl groups excluding tert-OH is 1. The fourth-order valence-corrected chi connectivity index (χ4v) is 2.11. The van der Waals surface area contributed by atoms with E-state index in [4.69, 9.17) is 5.11 Å². The van der Waals surface area contributed by atoms with Gasteiger partial charge in [-0.1, -0.05) is 6.92 Å². The first-order valence-electron chi connectivity index (χ1n) is 5.20. The Hall–Kier alpha value is -1.07. The Kier molecular flexibility index (Phi) is 4.96. The van der Waals surface area contributed by atoms with Gasteiger partial charge >= 0.3 is 0 Å². The number of thioether (sulfide) groups is 1. The number of halogens is 1. The summed E-state index contributed by atoms with van der Waals surface area (Å²) >= 11 is 1.38. The number of carbonyl (C=O) groups is 1. The van der Waals surface area contributed by atoms with Gasteiger partial charge in [0.05, 0.1) is 12.2 Å². The van der Waals surface area contributed by atoms with Crippen molar-refractivity contribution >= 4 is 17.5 Å². The van der Waals surface area contributed by atoms with Gasteiger partial charge in [-0.05, 0) is 19.1 Å². The van der Waals surface area contributed by atoms with E-state index < -0.39 is 5.82 Å². The molecular formula is C12H15FO3S. The van der Waals surface area contributed by atoms with E-state index in [1.54, 1.807) is 0 Å². The lowest BCUT2D eigenvalue weighted by molar-refractivity contribution is 0.101. The Bertz CT molecular complexity index is 420. The number of aromatic hydroxyl groups is 1. The molecule has 0 aliphatic heterocycles. The second kappa shape index (κ2) is 6.02. The third kappa shape index (κ3) is 3.71. The lowest BCUT2D eigenvalue weighted by atomic mass is 10.1. The Morgan fingerprint density at radius 1 is 1.53 bits per heavy atom. The number of phenols is 1. The third-order valence-electron chi connectivity index (χ3n) is 2.31. The maximum atomic E-state index is 13.3. The number of phenolic OH excluding ortho intramolecular Hbond substituents is 1. The highest BCUT2D eigenvalue weighted by molar-refractivity contribution is 7.99. The number of carbonyl (C=O) groups excluding carboxylic acids is 1. The maximum absolute atomic E-state index is 13.3. The molecule has 0 aromatic heterocycles. The molecule has 1 atom stereocenters.